The number of amides is 2. The third kappa shape index (κ3) is 4.00. The molecule has 2 aliphatic rings. The zero-order valence-electron chi connectivity index (χ0n) is 16.2. The van der Waals surface area contributed by atoms with Crippen molar-refractivity contribution in [2.45, 2.75) is 24.6 Å². The monoisotopic (exact) mass is 448 g/mol. The highest BCUT2D eigenvalue weighted by Gasteiger charge is 2.47. The Morgan fingerprint density at radius 1 is 0.931 bits per heavy atom. The van der Waals surface area contributed by atoms with Gasteiger partial charge in [0.1, 0.15) is 0 Å². The van der Waals surface area contributed by atoms with E-state index in [1.807, 2.05) is 52.8 Å². The average molecular weight is 449 g/mol. The summed E-state index contributed by atoms with van der Waals surface area (Å²) in [4.78, 5) is 29.7. The number of carbonyl (C=O) groups is 2. The van der Waals surface area contributed by atoms with E-state index >= 15 is 0 Å². The van der Waals surface area contributed by atoms with Crippen molar-refractivity contribution >= 4 is 46.8 Å². The molecule has 0 N–H and O–H groups in total. The van der Waals surface area contributed by atoms with Crippen LogP contribution in [0.15, 0.2) is 42.5 Å². The molecule has 0 aromatic heterocycles. The Hall–Kier alpha value is -1.69. The third-order valence-corrected chi connectivity index (χ3v) is 7.98. The molecular formula is C22H22Cl2N2O2S. The Bertz CT molecular complexity index is 958. The number of nitrogens with zero attached hydrogens (tertiary/aromatic N) is 2. The van der Waals surface area contributed by atoms with Crippen LogP contribution in [0.4, 0.5) is 0 Å². The summed E-state index contributed by atoms with van der Waals surface area (Å²) in [5.74, 6) is 0.971. The lowest BCUT2D eigenvalue weighted by atomic mass is 9.99. The molecule has 2 heterocycles. The smallest absolute Gasteiger partial charge is 0.255 e. The number of halogens is 2. The van der Waals surface area contributed by atoms with Crippen molar-refractivity contribution in [3.05, 3.63) is 69.2 Å². The van der Waals surface area contributed by atoms with E-state index in [1.54, 1.807) is 18.2 Å². The summed E-state index contributed by atoms with van der Waals surface area (Å²) in [6, 6.07) is 12.7. The fourth-order valence-corrected chi connectivity index (χ4v) is 5.87. The number of aryl methyl sites for hydroxylation is 1. The van der Waals surface area contributed by atoms with Crippen LogP contribution in [-0.2, 0) is 0 Å². The quantitative estimate of drug-likeness (QED) is 0.639. The van der Waals surface area contributed by atoms with E-state index in [1.165, 1.54) is 0 Å². The van der Waals surface area contributed by atoms with E-state index in [0.29, 0.717) is 28.7 Å². The van der Waals surface area contributed by atoms with Gasteiger partial charge in [0.2, 0.25) is 0 Å². The number of piperidine rings is 1. The van der Waals surface area contributed by atoms with Gasteiger partial charge in [0.05, 0.1) is 14.9 Å². The summed E-state index contributed by atoms with van der Waals surface area (Å²) in [6.45, 7) is 3.98. The summed E-state index contributed by atoms with van der Waals surface area (Å²) in [5.41, 5.74) is 2.36. The van der Waals surface area contributed by atoms with E-state index < -0.39 is 0 Å². The molecule has 0 aliphatic carbocycles. The molecule has 0 atom stereocenters. The van der Waals surface area contributed by atoms with Gasteiger partial charge >= 0.3 is 0 Å². The van der Waals surface area contributed by atoms with Gasteiger partial charge in [-0.05, 0) is 50.1 Å². The van der Waals surface area contributed by atoms with E-state index in [-0.39, 0.29) is 16.7 Å². The van der Waals surface area contributed by atoms with E-state index in [4.69, 9.17) is 23.2 Å². The minimum absolute atomic E-state index is 0.0435. The van der Waals surface area contributed by atoms with Crippen molar-refractivity contribution < 1.29 is 9.59 Å². The fraction of sp³-hybridized carbons (Fsp3) is 0.364. The molecular weight excluding hydrogens is 427 g/mol. The zero-order chi connectivity index (χ0) is 20.6. The standard InChI is InChI=1S/C22H22Cl2N2O2S/c1-15-3-2-4-16(13-15)21(28)26-11-12-29-22(26)7-9-25(10-8-22)20(27)17-5-6-18(23)19(24)14-17/h2-6,13-14H,7-12H2,1H3. The first-order valence-electron chi connectivity index (χ1n) is 9.67. The van der Waals surface area contributed by atoms with Crippen molar-refractivity contribution in [1.29, 1.82) is 0 Å². The number of rotatable bonds is 2. The van der Waals surface area contributed by atoms with Gasteiger partial charge in [-0.1, -0.05) is 40.9 Å². The highest BCUT2D eigenvalue weighted by molar-refractivity contribution is 8.00. The van der Waals surface area contributed by atoms with E-state index in [9.17, 15) is 9.59 Å². The molecule has 2 amide bonds. The number of hydrogen-bond donors (Lipinski definition) is 0. The van der Waals surface area contributed by atoms with Crippen LogP contribution in [0.2, 0.25) is 10.0 Å². The van der Waals surface area contributed by atoms with Crippen LogP contribution in [0.25, 0.3) is 0 Å². The average Bonchev–Trinajstić information content (AvgIpc) is 3.12. The molecule has 0 radical (unpaired) electrons. The third-order valence-electron chi connectivity index (χ3n) is 5.69. The van der Waals surface area contributed by atoms with Crippen LogP contribution in [0.5, 0.6) is 0 Å². The van der Waals surface area contributed by atoms with Crippen LogP contribution in [-0.4, -0.2) is 51.9 Å². The van der Waals surface area contributed by atoms with E-state index in [0.717, 1.165) is 36.3 Å². The molecule has 0 bridgehead atoms. The second kappa shape index (κ2) is 8.21. The first kappa shape index (κ1) is 20.6. The van der Waals surface area contributed by atoms with Gasteiger partial charge in [0.15, 0.2) is 0 Å². The summed E-state index contributed by atoms with van der Waals surface area (Å²) >= 11 is 13.9. The lowest BCUT2D eigenvalue weighted by Crippen LogP contribution is -2.53. The summed E-state index contributed by atoms with van der Waals surface area (Å²) in [6.07, 6.45) is 1.53. The molecule has 152 valence electrons. The maximum atomic E-state index is 13.2. The molecule has 0 saturated carbocycles. The normalized spacial score (nSPS) is 18.3. The van der Waals surface area contributed by atoms with Crippen molar-refractivity contribution in [2.24, 2.45) is 0 Å². The van der Waals surface area contributed by atoms with Crippen LogP contribution in [0.1, 0.15) is 39.1 Å². The summed E-state index contributed by atoms with van der Waals surface area (Å²) < 4.78 is 0. The zero-order valence-corrected chi connectivity index (χ0v) is 18.5. The van der Waals surface area contributed by atoms with Gasteiger partial charge in [-0.25, -0.2) is 0 Å². The molecule has 4 nitrogen and oxygen atoms in total. The minimum atomic E-state index is -0.227. The van der Waals surface area contributed by atoms with Gasteiger partial charge < -0.3 is 9.80 Å². The summed E-state index contributed by atoms with van der Waals surface area (Å²) in [7, 11) is 0. The van der Waals surface area contributed by atoms with Crippen LogP contribution >= 0.6 is 35.0 Å². The first-order valence-corrected chi connectivity index (χ1v) is 11.4. The molecule has 2 aromatic rings. The number of hydrogen-bond acceptors (Lipinski definition) is 3. The fourth-order valence-electron chi connectivity index (χ4n) is 4.11. The molecule has 29 heavy (non-hydrogen) atoms. The predicted octanol–water partition coefficient (Wildman–Crippen LogP) is 5.12. The van der Waals surface area contributed by atoms with Gasteiger partial charge in [0.25, 0.3) is 11.8 Å². The van der Waals surface area contributed by atoms with Crippen molar-refractivity contribution in [1.82, 2.24) is 9.80 Å². The largest absolute Gasteiger partial charge is 0.338 e. The van der Waals surface area contributed by atoms with Crippen LogP contribution in [0.3, 0.4) is 0 Å². The number of thioether (sulfide) groups is 1. The molecule has 4 rings (SSSR count). The molecule has 2 aliphatic heterocycles. The Labute approximate surface area is 185 Å². The van der Waals surface area contributed by atoms with Gasteiger partial charge in [-0.15, -0.1) is 11.8 Å². The van der Waals surface area contributed by atoms with Crippen LogP contribution < -0.4 is 0 Å². The number of carbonyl (C=O) groups excluding carboxylic acids is 2. The van der Waals surface area contributed by atoms with Gasteiger partial charge in [0, 0.05) is 36.5 Å². The molecule has 1 spiro atoms. The highest BCUT2D eigenvalue weighted by Crippen LogP contribution is 2.44. The lowest BCUT2D eigenvalue weighted by molar-refractivity contribution is 0.0497. The molecule has 2 fully saturated rings. The Kier molecular flexibility index (Phi) is 5.83. The lowest BCUT2D eigenvalue weighted by Gasteiger charge is -2.44. The van der Waals surface area contributed by atoms with Crippen molar-refractivity contribution in [3.63, 3.8) is 0 Å². The van der Waals surface area contributed by atoms with E-state index in [2.05, 4.69) is 0 Å². The first-order chi connectivity index (χ1) is 13.9. The Morgan fingerprint density at radius 3 is 2.34 bits per heavy atom. The Morgan fingerprint density at radius 2 is 1.66 bits per heavy atom. The van der Waals surface area contributed by atoms with Crippen molar-refractivity contribution in [2.75, 3.05) is 25.4 Å². The minimum Gasteiger partial charge on any atom is -0.338 e. The molecule has 2 saturated heterocycles. The van der Waals surface area contributed by atoms with Gasteiger partial charge in [-0.2, -0.15) is 0 Å². The summed E-state index contributed by atoms with van der Waals surface area (Å²) in [5, 5.41) is 0.820. The maximum Gasteiger partial charge on any atom is 0.255 e. The Balaban J connectivity index is 1.47. The molecule has 2 aromatic carbocycles. The SMILES string of the molecule is Cc1cccc(C(=O)N2CCSC23CCN(C(=O)c2ccc(Cl)c(Cl)c2)CC3)c1. The molecule has 0 unspecified atom stereocenters. The second-order valence-corrected chi connectivity index (χ2v) is 9.81. The second-order valence-electron chi connectivity index (χ2n) is 7.54. The molecule has 7 heteroatoms. The van der Waals surface area contributed by atoms with Gasteiger partial charge in [-0.3, -0.25) is 9.59 Å². The maximum absolute atomic E-state index is 13.2. The topological polar surface area (TPSA) is 40.6 Å². The van der Waals surface area contributed by atoms with Crippen LogP contribution in [0, 0.1) is 6.92 Å². The number of benzene rings is 2. The highest BCUT2D eigenvalue weighted by atomic mass is 35.5. The predicted molar refractivity (Wildman–Crippen MR) is 119 cm³/mol. The van der Waals surface area contributed by atoms with Crippen molar-refractivity contribution in [3.8, 4) is 0 Å². The number of likely N-dealkylation sites (tertiary alicyclic amines) is 1.